The van der Waals surface area contributed by atoms with Gasteiger partial charge < -0.3 is 15.4 Å². The Bertz CT molecular complexity index is 842. The minimum absolute atomic E-state index is 0.107. The van der Waals surface area contributed by atoms with Gasteiger partial charge in [-0.1, -0.05) is 9.61 Å². The number of nitrogens with zero attached hydrogens (tertiary/aromatic N) is 5. The van der Waals surface area contributed by atoms with Crippen LogP contribution in [0.25, 0.3) is 5.65 Å². The van der Waals surface area contributed by atoms with Crippen LogP contribution >= 0.6 is 0 Å². The van der Waals surface area contributed by atoms with Crippen LogP contribution in [0, 0.1) is 16.0 Å². The number of sulfonamides is 1. The molecule has 0 aromatic carbocycles. The van der Waals surface area contributed by atoms with Crippen molar-refractivity contribution in [3.8, 4) is 0 Å². The van der Waals surface area contributed by atoms with Crippen molar-refractivity contribution in [3.63, 3.8) is 0 Å². The number of aromatic nitrogens is 3. The molecule has 1 aliphatic rings. The molecule has 1 saturated heterocycles. The van der Waals surface area contributed by atoms with Crippen LogP contribution in [0.2, 0.25) is 0 Å². The summed E-state index contributed by atoms with van der Waals surface area (Å²) in [4.78, 5) is 14.3. The SMILES string of the molecule is CCS(=O)(=O)N1CC(CNc2ccc3ncc([N+](=O)[O-])n3n2)C1. The van der Waals surface area contributed by atoms with Crippen molar-refractivity contribution in [2.45, 2.75) is 6.92 Å². The molecule has 3 rings (SSSR count). The summed E-state index contributed by atoms with van der Waals surface area (Å²) >= 11 is 0. The second-order valence-corrected chi connectivity index (χ2v) is 7.58. The van der Waals surface area contributed by atoms with Gasteiger partial charge in [-0.25, -0.2) is 17.7 Å². The Hall–Kier alpha value is -2.27. The Kier molecular flexibility index (Phi) is 3.90. The zero-order valence-corrected chi connectivity index (χ0v) is 13.2. The van der Waals surface area contributed by atoms with Gasteiger partial charge in [0.2, 0.25) is 15.7 Å². The van der Waals surface area contributed by atoms with E-state index in [1.54, 1.807) is 19.1 Å². The van der Waals surface area contributed by atoms with Gasteiger partial charge in [0.1, 0.15) is 6.20 Å². The number of hydrogen-bond donors (Lipinski definition) is 1. The summed E-state index contributed by atoms with van der Waals surface area (Å²) in [6.07, 6.45) is 1.16. The van der Waals surface area contributed by atoms with Crippen molar-refractivity contribution in [3.05, 3.63) is 28.4 Å². The predicted molar refractivity (Wildman–Crippen MR) is 82.7 cm³/mol. The van der Waals surface area contributed by atoms with Crippen LogP contribution in [0.4, 0.5) is 11.6 Å². The molecule has 0 radical (unpaired) electrons. The zero-order chi connectivity index (χ0) is 16.6. The molecule has 0 saturated carbocycles. The minimum atomic E-state index is -3.11. The molecule has 2 aromatic rings. The van der Waals surface area contributed by atoms with E-state index in [-0.39, 0.29) is 17.5 Å². The normalized spacial score (nSPS) is 16.4. The van der Waals surface area contributed by atoms with Gasteiger partial charge in [-0.15, -0.1) is 0 Å². The average Bonchev–Trinajstić information content (AvgIpc) is 2.88. The zero-order valence-electron chi connectivity index (χ0n) is 12.4. The summed E-state index contributed by atoms with van der Waals surface area (Å²) in [6, 6.07) is 3.32. The first-order chi connectivity index (χ1) is 10.9. The molecular weight excluding hydrogens is 324 g/mol. The lowest BCUT2D eigenvalue weighted by atomic mass is 10.0. The third-order valence-electron chi connectivity index (χ3n) is 3.79. The van der Waals surface area contributed by atoms with Crippen molar-refractivity contribution >= 4 is 27.3 Å². The first-order valence-corrected chi connectivity index (χ1v) is 8.72. The second-order valence-electron chi connectivity index (χ2n) is 5.33. The highest BCUT2D eigenvalue weighted by atomic mass is 32.2. The van der Waals surface area contributed by atoms with Gasteiger partial charge in [0, 0.05) is 31.6 Å². The van der Waals surface area contributed by atoms with Crippen LogP contribution in [0.15, 0.2) is 18.3 Å². The molecule has 2 aromatic heterocycles. The summed E-state index contributed by atoms with van der Waals surface area (Å²) in [7, 11) is -3.11. The molecule has 0 unspecified atom stereocenters. The first kappa shape index (κ1) is 15.6. The number of anilines is 1. The number of rotatable bonds is 6. The van der Waals surface area contributed by atoms with E-state index in [0.717, 1.165) is 10.7 Å². The van der Waals surface area contributed by atoms with Gasteiger partial charge in [0.05, 0.1) is 5.75 Å². The Labute approximate surface area is 132 Å². The Morgan fingerprint density at radius 2 is 2.17 bits per heavy atom. The molecule has 0 aliphatic carbocycles. The molecule has 10 nitrogen and oxygen atoms in total. The molecule has 0 bridgehead atoms. The highest BCUT2D eigenvalue weighted by Crippen LogP contribution is 2.21. The maximum atomic E-state index is 11.6. The number of hydrogen-bond acceptors (Lipinski definition) is 7. The monoisotopic (exact) mass is 340 g/mol. The second kappa shape index (κ2) is 5.74. The van der Waals surface area contributed by atoms with Crippen molar-refractivity contribution in [2.75, 3.05) is 30.7 Å². The molecule has 0 amide bonds. The molecule has 1 aliphatic heterocycles. The minimum Gasteiger partial charge on any atom is -0.367 e. The lowest BCUT2D eigenvalue weighted by Gasteiger charge is -2.37. The van der Waals surface area contributed by atoms with Crippen LogP contribution in [0.5, 0.6) is 0 Å². The molecule has 1 fully saturated rings. The highest BCUT2D eigenvalue weighted by Gasteiger charge is 2.34. The molecule has 23 heavy (non-hydrogen) atoms. The van der Waals surface area contributed by atoms with Crippen molar-refractivity contribution in [1.82, 2.24) is 18.9 Å². The van der Waals surface area contributed by atoms with Crippen LogP contribution in [0.3, 0.4) is 0 Å². The Morgan fingerprint density at radius 1 is 1.43 bits per heavy atom. The fourth-order valence-electron chi connectivity index (χ4n) is 2.39. The number of fused-ring (bicyclic) bond motifs is 1. The third kappa shape index (κ3) is 2.97. The summed E-state index contributed by atoms with van der Waals surface area (Å²) in [6.45, 7) is 3.14. The van der Waals surface area contributed by atoms with E-state index >= 15 is 0 Å². The Morgan fingerprint density at radius 3 is 2.83 bits per heavy atom. The molecule has 11 heteroatoms. The summed E-state index contributed by atoms with van der Waals surface area (Å²) in [5, 5.41) is 18.1. The number of imidazole rings is 1. The van der Waals surface area contributed by atoms with Gasteiger partial charge in [0.25, 0.3) is 0 Å². The molecule has 3 heterocycles. The topological polar surface area (TPSA) is 123 Å². The molecule has 124 valence electrons. The van der Waals surface area contributed by atoms with Gasteiger partial charge >= 0.3 is 5.82 Å². The van der Waals surface area contributed by atoms with Crippen molar-refractivity contribution in [2.24, 2.45) is 5.92 Å². The predicted octanol–water partition coefficient (Wildman–Crippen LogP) is 0.331. The first-order valence-electron chi connectivity index (χ1n) is 7.11. The summed E-state index contributed by atoms with van der Waals surface area (Å²) in [5.41, 5.74) is 0.395. The van der Waals surface area contributed by atoms with Gasteiger partial charge in [-0.3, -0.25) is 0 Å². The molecular formula is C12H16N6O4S. The fraction of sp³-hybridized carbons (Fsp3) is 0.500. The molecule has 0 spiro atoms. The highest BCUT2D eigenvalue weighted by molar-refractivity contribution is 7.89. The van der Waals surface area contributed by atoms with E-state index in [1.165, 1.54) is 4.31 Å². The maximum absolute atomic E-state index is 11.6. The van der Waals surface area contributed by atoms with E-state index in [0.29, 0.717) is 31.1 Å². The van der Waals surface area contributed by atoms with Crippen molar-refractivity contribution < 1.29 is 13.3 Å². The van der Waals surface area contributed by atoms with E-state index in [1.807, 2.05) is 0 Å². The van der Waals surface area contributed by atoms with Crippen LogP contribution < -0.4 is 5.32 Å². The van der Waals surface area contributed by atoms with E-state index < -0.39 is 14.9 Å². The Balaban J connectivity index is 1.63. The van der Waals surface area contributed by atoms with Gasteiger partial charge in [0.15, 0.2) is 5.82 Å². The van der Waals surface area contributed by atoms with Gasteiger partial charge in [-0.2, -0.15) is 0 Å². The smallest absolute Gasteiger partial charge is 0.367 e. The number of nitrogens with one attached hydrogen (secondary N) is 1. The standard InChI is InChI=1S/C12H16N6O4S/c1-2-23(21,22)16-7-9(8-16)5-13-10-3-4-11-14-6-12(18(19)20)17(11)15-10/h3-4,6,9H,2,5,7-8H2,1H3,(H,13,15). The fourth-order valence-corrected chi connectivity index (χ4v) is 3.63. The van der Waals surface area contributed by atoms with E-state index in [4.69, 9.17) is 0 Å². The van der Waals surface area contributed by atoms with E-state index in [9.17, 15) is 18.5 Å². The summed E-state index contributed by atoms with van der Waals surface area (Å²) < 4.78 is 25.9. The van der Waals surface area contributed by atoms with E-state index in [2.05, 4.69) is 15.4 Å². The lowest BCUT2D eigenvalue weighted by Crippen LogP contribution is -2.52. The largest absolute Gasteiger partial charge is 0.368 e. The van der Waals surface area contributed by atoms with Crippen molar-refractivity contribution in [1.29, 1.82) is 0 Å². The summed E-state index contributed by atoms with van der Waals surface area (Å²) in [5.74, 6) is 0.588. The molecule has 0 atom stereocenters. The number of nitro groups is 1. The third-order valence-corrected chi connectivity index (χ3v) is 5.60. The lowest BCUT2D eigenvalue weighted by molar-refractivity contribution is -0.391. The molecule has 1 N–H and O–H groups in total. The average molecular weight is 340 g/mol. The van der Waals surface area contributed by atoms with Crippen LogP contribution in [0.1, 0.15) is 6.92 Å². The quantitative estimate of drug-likeness (QED) is 0.594. The maximum Gasteiger partial charge on any atom is 0.368 e. The van der Waals surface area contributed by atoms with Gasteiger partial charge in [-0.05, 0) is 17.9 Å². The van der Waals surface area contributed by atoms with Crippen LogP contribution in [-0.2, 0) is 10.0 Å². The van der Waals surface area contributed by atoms with Crippen LogP contribution in [-0.4, -0.2) is 57.6 Å².